The molecule has 4 atom stereocenters. The van der Waals surface area contributed by atoms with Crippen LogP contribution in [0.15, 0.2) is 103 Å². The van der Waals surface area contributed by atoms with Gasteiger partial charge in [0, 0.05) is 37.0 Å². The summed E-state index contributed by atoms with van der Waals surface area (Å²) in [6.07, 6.45) is 4.01. The van der Waals surface area contributed by atoms with Gasteiger partial charge in [0.2, 0.25) is 11.6 Å². The van der Waals surface area contributed by atoms with Crippen LogP contribution in [-0.2, 0) is 57.8 Å². The van der Waals surface area contributed by atoms with Gasteiger partial charge in [-0.2, -0.15) is 0 Å². The summed E-state index contributed by atoms with van der Waals surface area (Å²) >= 11 is 0. The number of hydrogen-bond donors (Lipinski definition) is 0. The Kier molecular flexibility index (Phi) is 15.2. The molecular weight excluding hydrogens is 664 g/mol. The maximum absolute atomic E-state index is 14.2. The second kappa shape index (κ2) is 19.5. The molecular formula is C42H52O10. The van der Waals surface area contributed by atoms with Crippen molar-refractivity contribution < 1.29 is 47.5 Å². The third-order valence-corrected chi connectivity index (χ3v) is 9.17. The van der Waals surface area contributed by atoms with Crippen LogP contribution in [0.1, 0.15) is 50.3 Å². The van der Waals surface area contributed by atoms with E-state index < -0.39 is 35.2 Å². The highest BCUT2D eigenvalue weighted by atomic mass is 16.7. The minimum atomic E-state index is -1.77. The van der Waals surface area contributed by atoms with Crippen LogP contribution in [0.4, 0.5) is 0 Å². The zero-order valence-corrected chi connectivity index (χ0v) is 31.3. The number of rotatable bonds is 19. The number of ether oxygens (including phenoxy) is 8. The fourth-order valence-corrected chi connectivity index (χ4v) is 6.09. The Labute approximate surface area is 307 Å². The summed E-state index contributed by atoms with van der Waals surface area (Å²) in [6.45, 7) is 7.06. The van der Waals surface area contributed by atoms with Crippen LogP contribution >= 0.6 is 0 Å². The van der Waals surface area contributed by atoms with Gasteiger partial charge in [0.25, 0.3) is 0 Å². The van der Waals surface area contributed by atoms with Crippen LogP contribution in [-0.4, -0.2) is 70.9 Å². The molecule has 4 rings (SSSR count). The number of carbonyl (C=O) groups is 2. The highest BCUT2D eigenvalue weighted by molar-refractivity contribution is 6.06. The number of carbonyl (C=O) groups excluding carboxylic acids is 2. The minimum absolute atomic E-state index is 0.150. The summed E-state index contributed by atoms with van der Waals surface area (Å²) in [5, 5.41) is 0. The third kappa shape index (κ3) is 10.8. The van der Waals surface area contributed by atoms with Crippen molar-refractivity contribution in [2.45, 2.75) is 77.5 Å². The molecule has 1 saturated heterocycles. The van der Waals surface area contributed by atoms with Gasteiger partial charge in [-0.3, -0.25) is 4.79 Å². The lowest BCUT2D eigenvalue weighted by molar-refractivity contribution is -0.280. The molecule has 0 saturated carbocycles. The van der Waals surface area contributed by atoms with Crippen molar-refractivity contribution in [2.75, 3.05) is 35.0 Å². The second-order valence-electron chi connectivity index (χ2n) is 13.2. The van der Waals surface area contributed by atoms with Gasteiger partial charge in [-0.1, -0.05) is 80.6 Å². The molecule has 52 heavy (non-hydrogen) atoms. The molecule has 1 aliphatic rings. The monoisotopic (exact) mass is 716 g/mol. The summed E-state index contributed by atoms with van der Waals surface area (Å²) in [4.78, 5) is 26.7. The number of hydrogen-bond acceptors (Lipinski definition) is 10. The topological polar surface area (TPSA) is 108 Å². The van der Waals surface area contributed by atoms with Gasteiger partial charge in [-0.05, 0) is 47.9 Å². The molecule has 1 aliphatic heterocycles. The van der Waals surface area contributed by atoms with Crippen LogP contribution in [0.25, 0.3) is 0 Å². The quantitative estimate of drug-likeness (QED) is 0.0548. The van der Waals surface area contributed by atoms with Crippen LogP contribution in [0.3, 0.4) is 0 Å². The first-order chi connectivity index (χ1) is 25.0. The minimum Gasteiger partial charge on any atom is -0.497 e. The Hall–Kier alpha value is -4.32. The van der Waals surface area contributed by atoms with Gasteiger partial charge in [-0.25, -0.2) is 4.79 Å². The largest absolute Gasteiger partial charge is 0.497 e. The predicted octanol–water partition coefficient (Wildman–Crippen LogP) is 7.18. The maximum atomic E-state index is 14.2. The summed E-state index contributed by atoms with van der Waals surface area (Å²) in [5.41, 5.74) is 2.24. The first kappa shape index (κ1) is 40.5. The maximum Gasteiger partial charge on any atom is 0.330 e. The van der Waals surface area contributed by atoms with Gasteiger partial charge >= 0.3 is 5.97 Å². The molecule has 0 amide bonds. The third-order valence-electron chi connectivity index (χ3n) is 9.17. The number of methoxy groups -OCH3 is 4. The van der Waals surface area contributed by atoms with Crippen molar-refractivity contribution in [3.05, 3.63) is 119 Å². The molecule has 1 heterocycles. The lowest BCUT2D eigenvalue weighted by atomic mass is 9.75. The first-order valence-corrected chi connectivity index (χ1v) is 17.4. The van der Waals surface area contributed by atoms with Gasteiger partial charge in [0.1, 0.15) is 11.5 Å². The average Bonchev–Trinajstić information content (AvgIpc) is 3.17. The number of Topliss-reactive ketones (excluding diaryl/α,β-unsaturated/α-hetero) is 1. The van der Waals surface area contributed by atoms with Crippen molar-refractivity contribution in [1.29, 1.82) is 0 Å². The molecule has 0 aromatic heterocycles. The highest BCUT2D eigenvalue weighted by Gasteiger charge is 2.57. The van der Waals surface area contributed by atoms with Crippen LogP contribution < -0.4 is 9.47 Å². The van der Waals surface area contributed by atoms with E-state index in [0.717, 1.165) is 28.2 Å². The molecule has 0 N–H and O–H groups in total. The van der Waals surface area contributed by atoms with Crippen LogP contribution in [0.2, 0.25) is 0 Å². The van der Waals surface area contributed by atoms with Crippen molar-refractivity contribution in [3.63, 3.8) is 0 Å². The molecule has 0 aliphatic carbocycles. The summed E-state index contributed by atoms with van der Waals surface area (Å²) in [5.74, 6) is -1.33. The Morgan fingerprint density at radius 3 is 2.00 bits per heavy atom. The van der Waals surface area contributed by atoms with Crippen LogP contribution in [0, 0.1) is 5.41 Å². The normalized spacial score (nSPS) is 19.8. The Morgan fingerprint density at radius 2 is 1.42 bits per heavy atom. The molecule has 0 radical (unpaired) electrons. The Balaban J connectivity index is 1.56. The van der Waals surface area contributed by atoms with E-state index in [4.69, 9.17) is 37.9 Å². The summed E-state index contributed by atoms with van der Waals surface area (Å²) < 4.78 is 46.9. The Bertz CT molecular complexity index is 1610. The fourth-order valence-electron chi connectivity index (χ4n) is 6.09. The zero-order chi connectivity index (χ0) is 37.6. The molecule has 280 valence electrons. The number of ketones is 1. The second-order valence-corrected chi connectivity index (χ2v) is 13.2. The molecule has 10 nitrogen and oxygen atoms in total. The molecule has 0 spiro atoms. The number of benzene rings is 3. The van der Waals surface area contributed by atoms with Gasteiger partial charge < -0.3 is 37.9 Å². The van der Waals surface area contributed by atoms with E-state index in [1.54, 1.807) is 14.2 Å². The summed E-state index contributed by atoms with van der Waals surface area (Å²) in [6, 6.07) is 25.2. The molecule has 3 aromatic rings. The first-order valence-electron chi connectivity index (χ1n) is 17.4. The van der Waals surface area contributed by atoms with Gasteiger partial charge in [0.05, 0.1) is 66.1 Å². The van der Waals surface area contributed by atoms with E-state index >= 15 is 0 Å². The molecule has 0 bridgehead atoms. The fraction of sp³-hybridized carbons (Fsp3) is 0.429. The Morgan fingerprint density at radius 1 is 0.846 bits per heavy atom. The lowest BCUT2D eigenvalue weighted by Gasteiger charge is -2.48. The molecule has 3 aromatic carbocycles. The average molecular weight is 717 g/mol. The summed E-state index contributed by atoms with van der Waals surface area (Å²) in [7, 11) is 5.97. The zero-order valence-electron chi connectivity index (χ0n) is 31.3. The molecule has 1 fully saturated rings. The van der Waals surface area contributed by atoms with Crippen molar-refractivity contribution >= 4 is 11.8 Å². The van der Waals surface area contributed by atoms with E-state index in [2.05, 4.69) is 0 Å². The van der Waals surface area contributed by atoms with E-state index in [-0.39, 0.29) is 24.7 Å². The van der Waals surface area contributed by atoms with E-state index in [9.17, 15) is 9.59 Å². The molecule has 10 heteroatoms. The SMILES string of the molecule is COC(=O)/C=C1\C[C@@H](C[C@H](OCc2ccc(OC)cc2)[C@H](C)OCc2ccccc2)O[C@@](OC)(C(C)(C)/C=C/COCc2ccc(OC)cc2)C1=O. The van der Waals surface area contributed by atoms with Crippen molar-refractivity contribution in [2.24, 2.45) is 5.41 Å². The molecule has 0 unspecified atom stereocenters. The van der Waals surface area contributed by atoms with Crippen molar-refractivity contribution in [3.8, 4) is 11.5 Å². The van der Waals surface area contributed by atoms with Gasteiger partial charge in [-0.15, -0.1) is 0 Å². The highest BCUT2D eigenvalue weighted by Crippen LogP contribution is 2.45. The smallest absolute Gasteiger partial charge is 0.330 e. The van der Waals surface area contributed by atoms with E-state index in [1.807, 2.05) is 112 Å². The standard InChI is InChI=1S/C42H52O10/c1-30(50-28-31-12-9-8-10-13-31)38(51-29-33-16-20-36(46-5)21-17-33)26-37-24-34(25-39(43)47-6)40(44)42(48-7,52-37)41(2,3)22-11-23-49-27-32-14-18-35(45-4)19-15-32/h8-22,25,30,37-38H,23-24,26-29H2,1-7H3/b22-11+,34-25+/t30-,37-,38-,42+/m0/s1. The van der Waals surface area contributed by atoms with Crippen LogP contribution in [0.5, 0.6) is 11.5 Å². The van der Waals surface area contributed by atoms with E-state index in [1.165, 1.54) is 20.3 Å². The number of esters is 1. The predicted molar refractivity (Wildman–Crippen MR) is 197 cm³/mol. The lowest BCUT2D eigenvalue weighted by Crippen LogP contribution is -2.60. The van der Waals surface area contributed by atoms with Gasteiger partial charge in [0.15, 0.2) is 0 Å². The van der Waals surface area contributed by atoms with Crippen molar-refractivity contribution in [1.82, 2.24) is 0 Å². The van der Waals surface area contributed by atoms with E-state index in [0.29, 0.717) is 26.2 Å².